The van der Waals surface area contributed by atoms with Crippen molar-refractivity contribution in [2.24, 2.45) is 0 Å². The van der Waals surface area contributed by atoms with Crippen molar-refractivity contribution in [1.29, 1.82) is 0 Å². The van der Waals surface area contributed by atoms with Crippen LogP contribution < -0.4 is 5.11 Å². The van der Waals surface area contributed by atoms with Gasteiger partial charge in [0.05, 0.1) is 40.3 Å². The summed E-state index contributed by atoms with van der Waals surface area (Å²) >= 11 is 0. The van der Waals surface area contributed by atoms with Crippen LogP contribution in [0, 0.1) is 0 Å². The quantitative estimate of drug-likeness (QED) is 0.0265. The Kier molecular flexibility index (Phi) is 37.5. The maximum atomic E-state index is 12.7. The van der Waals surface area contributed by atoms with E-state index in [4.69, 9.17) is 14.2 Å². The molecule has 2 unspecified atom stereocenters. The molecular weight excluding hydrogens is 727 g/mol. The highest BCUT2D eigenvalue weighted by molar-refractivity contribution is 5.70. The van der Waals surface area contributed by atoms with E-state index < -0.39 is 18.1 Å². The molecule has 0 aliphatic heterocycles. The van der Waals surface area contributed by atoms with Gasteiger partial charge in [0.1, 0.15) is 12.6 Å². The average molecular weight is 808 g/mol. The Labute approximate surface area is 354 Å². The molecule has 0 saturated heterocycles. The van der Waals surface area contributed by atoms with E-state index in [0.717, 1.165) is 109 Å². The minimum Gasteiger partial charge on any atom is -0.544 e. The molecule has 8 heteroatoms. The number of carbonyl (C=O) groups is 3. The minimum atomic E-state index is -1.14. The lowest BCUT2D eigenvalue weighted by atomic mass is 10.1. The monoisotopic (exact) mass is 808 g/mol. The minimum absolute atomic E-state index is 0.0158. The van der Waals surface area contributed by atoms with Gasteiger partial charge in [-0.25, -0.2) is 0 Å². The number of nitrogens with zero attached hydrogens (tertiary/aromatic N) is 1. The molecule has 58 heavy (non-hydrogen) atoms. The number of aliphatic carboxylic acids is 1. The Bertz CT molecular complexity index is 1260. The summed E-state index contributed by atoms with van der Waals surface area (Å²) in [5.41, 5.74) is 0. The summed E-state index contributed by atoms with van der Waals surface area (Å²) in [6, 6.07) is -0.740. The third-order valence-electron chi connectivity index (χ3n) is 9.22. The standard InChI is InChI=1S/C50H81NO7/c1-6-8-10-12-14-16-18-20-21-22-23-24-25-26-27-28-29-31-33-35-37-39-41-49(53)58-46(44-56-43-42-47(50(54)55)51(3,4)5)45-57-48(52)40-38-36-34-32-30-19-17-15-13-11-9-7-2/h8-11,14-17,20-21,23-24,26-27,29,31,46-47H,6-7,12-13,18-19,22,25,28,30,32-45H2,1-5H3/b10-8+,11-9+,16-14+,17-15+,21-20+,24-23+,27-26+,31-29+. The zero-order chi connectivity index (χ0) is 42.8. The highest BCUT2D eigenvalue weighted by atomic mass is 16.6. The second kappa shape index (κ2) is 40.0. The number of likely N-dealkylation sites (N-methyl/N-ethyl adjacent to an activating group) is 1. The lowest BCUT2D eigenvalue weighted by Gasteiger charge is -2.34. The van der Waals surface area contributed by atoms with Crippen LogP contribution in [0.4, 0.5) is 0 Å². The number of rotatable bonds is 38. The number of hydrogen-bond donors (Lipinski definition) is 0. The van der Waals surface area contributed by atoms with E-state index in [9.17, 15) is 19.5 Å². The second-order valence-electron chi connectivity index (χ2n) is 15.5. The molecule has 328 valence electrons. The number of carboxylic acids is 1. The van der Waals surface area contributed by atoms with Gasteiger partial charge in [0, 0.05) is 19.3 Å². The van der Waals surface area contributed by atoms with E-state index in [1.54, 1.807) is 21.1 Å². The summed E-state index contributed by atoms with van der Waals surface area (Å²) in [5, 5.41) is 11.6. The van der Waals surface area contributed by atoms with Crippen molar-refractivity contribution in [3.8, 4) is 0 Å². The van der Waals surface area contributed by atoms with Crippen molar-refractivity contribution in [2.45, 2.75) is 161 Å². The number of quaternary nitrogens is 1. The fourth-order valence-electron chi connectivity index (χ4n) is 5.82. The van der Waals surface area contributed by atoms with Crippen LogP contribution in [0.3, 0.4) is 0 Å². The van der Waals surface area contributed by atoms with Crippen LogP contribution in [0.2, 0.25) is 0 Å². The number of hydrogen-bond acceptors (Lipinski definition) is 7. The van der Waals surface area contributed by atoms with Crippen LogP contribution in [0.5, 0.6) is 0 Å². The van der Waals surface area contributed by atoms with Crippen molar-refractivity contribution >= 4 is 17.9 Å². The molecule has 0 N–H and O–H groups in total. The van der Waals surface area contributed by atoms with Gasteiger partial charge in [-0.15, -0.1) is 0 Å². The lowest BCUT2D eigenvalue weighted by molar-refractivity contribution is -0.889. The van der Waals surface area contributed by atoms with Gasteiger partial charge in [0.15, 0.2) is 6.10 Å². The van der Waals surface area contributed by atoms with Crippen molar-refractivity contribution in [3.63, 3.8) is 0 Å². The number of ether oxygens (including phenoxy) is 3. The van der Waals surface area contributed by atoms with Gasteiger partial charge in [-0.3, -0.25) is 9.59 Å². The molecule has 0 aliphatic carbocycles. The molecular formula is C50H81NO7. The van der Waals surface area contributed by atoms with Crippen molar-refractivity contribution in [1.82, 2.24) is 0 Å². The first kappa shape index (κ1) is 54.2. The van der Waals surface area contributed by atoms with Crippen LogP contribution >= 0.6 is 0 Å². The molecule has 0 aliphatic rings. The van der Waals surface area contributed by atoms with Gasteiger partial charge in [-0.05, 0) is 89.9 Å². The summed E-state index contributed by atoms with van der Waals surface area (Å²) in [4.78, 5) is 36.8. The number of esters is 2. The van der Waals surface area contributed by atoms with Crippen LogP contribution in [0.1, 0.15) is 149 Å². The van der Waals surface area contributed by atoms with E-state index >= 15 is 0 Å². The van der Waals surface area contributed by atoms with Crippen LogP contribution in [-0.4, -0.2) is 75.5 Å². The largest absolute Gasteiger partial charge is 0.544 e. The number of carboxylic acid groups (broad SMARTS) is 1. The average Bonchev–Trinajstić information content (AvgIpc) is 3.18. The van der Waals surface area contributed by atoms with Gasteiger partial charge in [-0.2, -0.15) is 0 Å². The molecule has 0 radical (unpaired) electrons. The van der Waals surface area contributed by atoms with E-state index in [-0.39, 0.29) is 49.1 Å². The van der Waals surface area contributed by atoms with Gasteiger partial charge < -0.3 is 28.6 Å². The van der Waals surface area contributed by atoms with Crippen LogP contribution in [-0.2, 0) is 28.6 Å². The molecule has 0 aromatic rings. The van der Waals surface area contributed by atoms with Gasteiger partial charge >= 0.3 is 11.9 Å². The summed E-state index contributed by atoms with van der Waals surface area (Å²) < 4.78 is 17.1. The third-order valence-corrected chi connectivity index (χ3v) is 9.22. The molecule has 0 rings (SSSR count). The first-order valence-electron chi connectivity index (χ1n) is 22.3. The fraction of sp³-hybridized carbons (Fsp3) is 0.620. The van der Waals surface area contributed by atoms with Gasteiger partial charge in [0.2, 0.25) is 0 Å². The SMILES string of the molecule is CC/C=C/C/C=C/C/C=C/C/C=C/C/C=C/C/C=C/CCCCCC(=O)OC(COCCC(C(=O)[O-])[N+](C)(C)C)COC(=O)CCCCCCC/C=C/C/C=C/CC. The van der Waals surface area contributed by atoms with E-state index in [1.165, 1.54) is 0 Å². The van der Waals surface area contributed by atoms with Crippen molar-refractivity contribution < 1.29 is 38.2 Å². The Balaban J connectivity index is 4.43. The molecule has 0 amide bonds. The zero-order valence-electron chi connectivity index (χ0n) is 37.2. The normalized spacial score (nSPS) is 13.9. The Hall–Kier alpha value is -3.75. The predicted octanol–water partition coefficient (Wildman–Crippen LogP) is 11.0. The first-order valence-corrected chi connectivity index (χ1v) is 22.3. The summed E-state index contributed by atoms with van der Waals surface area (Å²) in [6.45, 7) is 4.36. The number of unbranched alkanes of at least 4 members (excludes halogenated alkanes) is 8. The molecule has 0 saturated carbocycles. The summed E-state index contributed by atoms with van der Waals surface area (Å²) in [6.07, 6.45) is 52.9. The van der Waals surface area contributed by atoms with Gasteiger partial charge in [0.25, 0.3) is 0 Å². The zero-order valence-corrected chi connectivity index (χ0v) is 37.2. The highest BCUT2D eigenvalue weighted by Gasteiger charge is 2.25. The topological polar surface area (TPSA) is 102 Å². The molecule has 0 heterocycles. The van der Waals surface area contributed by atoms with Gasteiger partial charge in [-0.1, -0.05) is 137 Å². The fourth-order valence-corrected chi connectivity index (χ4v) is 5.82. The highest BCUT2D eigenvalue weighted by Crippen LogP contribution is 2.12. The molecule has 0 bridgehead atoms. The lowest BCUT2D eigenvalue weighted by Crippen LogP contribution is -2.55. The molecule has 0 aromatic carbocycles. The predicted molar refractivity (Wildman–Crippen MR) is 240 cm³/mol. The molecule has 0 spiro atoms. The van der Waals surface area contributed by atoms with Crippen molar-refractivity contribution in [2.75, 3.05) is 41.0 Å². The van der Waals surface area contributed by atoms with E-state index in [0.29, 0.717) is 12.8 Å². The first-order chi connectivity index (χ1) is 28.1. The van der Waals surface area contributed by atoms with E-state index in [2.05, 4.69) is 111 Å². The number of carbonyl (C=O) groups excluding carboxylic acids is 3. The van der Waals surface area contributed by atoms with Crippen LogP contribution in [0.25, 0.3) is 0 Å². The number of allylic oxidation sites excluding steroid dienone is 16. The molecule has 8 nitrogen and oxygen atoms in total. The van der Waals surface area contributed by atoms with Crippen LogP contribution in [0.15, 0.2) is 97.2 Å². The smallest absolute Gasteiger partial charge is 0.306 e. The maximum Gasteiger partial charge on any atom is 0.306 e. The molecule has 2 atom stereocenters. The Morgan fingerprint density at radius 3 is 1.36 bits per heavy atom. The Morgan fingerprint density at radius 2 is 0.914 bits per heavy atom. The molecule has 0 fully saturated rings. The van der Waals surface area contributed by atoms with Crippen molar-refractivity contribution in [3.05, 3.63) is 97.2 Å². The summed E-state index contributed by atoms with van der Waals surface area (Å²) in [7, 11) is 5.38. The maximum absolute atomic E-state index is 12.7. The summed E-state index contributed by atoms with van der Waals surface area (Å²) in [5.74, 6) is -1.81. The molecule has 0 aromatic heterocycles. The second-order valence-corrected chi connectivity index (χ2v) is 15.5. The van der Waals surface area contributed by atoms with E-state index in [1.807, 2.05) is 0 Å². The Morgan fingerprint density at radius 1 is 0.517 bits per heavy atom. The third kappa shape index (κ3) is 37.8.